The quantitative estimate of drug-likeness (QED) is 0.343. The van der Waals surface area contributed by atoms with E-state index >= 15 is 0 Å². The largest absolute Gasteiger partial charge is 0.366 e. The number of pyridine rings is 2. The summed E-state index contributed by atoms with van der Waals surface area (Å²) >= 11 is 0. The highest BCUT2D eigenvalue weighted by atomic mass is 16.1. The standard InChI is InChI=1S/C28H26N8O/c29-25(37)18-5-3-17(4-6-18)22-13-20-19(7-8-32-26(20)33-22)27-34-23-15-31-14-21(16-1-2-16)24(23)28(35-27)36-11-9-30-10-12-36/h3-8,13-16,30H,1-2,9-12H2,(H2,29,37)(H,32,33). The fourth-order valence-electron chi connectivity index (χ4n) is 5.21. The van der Waals surface area contributed by atoms with Crippen molar-refractivity contribution in [1.82, 2.24) is 30.2 Å². The first-order valence-electron chi connectivity index (χ1n) is 12.7. The molecular weight excluding hydrogens is 464 g/mol. The second kappa shape index (κ2) is 8.63. The number of amides is 1. The molecule has 7 rings (SSSR count). The molecule has 0 bridgehead atoms. The van der Waals surface area contributed by atoms with Gasteiger partial charge in [0.1, 0.15) is 11.5 Å². The van der Waals surface area contributed by atoms with Gasteiger partial charge in [0.05, 0.1) is 11.7 Å². The van der Waals surface area contributed by atoms with Gasteiger partial charge >= 0.3 is 0 Å². The van der Waals surface area contributed by atoms with Crippen molar-refractivity contribution in [1.29, 1.82) is 0 Å². The van der Waals surface area contributed by atoms with Gasteiger partial charge in [-0.3, -0.25) is 9.78 Å². The number of hydrogen-bond donors (Lipinski definition) is 3. The average molecular weight is 491 g/mol. The lowest BCUT2D eigenvalue weighted by Gasteiger charge is -2.30. The second-order valence-electron chi connectivity index (χ2n) is 9.75. The number of primary amides is 1. The first-order chi connectivity index (χ1) is 18.2. The third-order valence-corrected chi connectivity index (χ3v) is 7.30. The number of fused-ring (bicyclic) bond motifs is 2. The Kier molecular flexibility index (Phi) is 5.10. The molecule has 1 saturated carbocycles. The maximum Gasteiger partial charge on any atom is 0.248 e. The number of hydrogen-bond acceptors (Lipinski definition) is 7. The molecule has 1 aromatic carbocycles. The minimum Gasteiger partial charge on any atom is -0.366 e. The maximum absolute atomic E-state index is 11.5. The zero-order chi connectivity index (χ0) is 24.9. The van der Waals surface area contributed by atoms with Gasteiger partial charge in [-0.25, -0.2) is 15.0 Å². The highest BCUT2D eigenvalue weighted by molar-refractivity contribution is 5.99. The van der Waals surface area contributed by atoms with Crippen LogP contribution in [0, 0.1) is 0 Å². The van der Waals surface area contributed by atoms with Gasteiger partial charge in [0.15, 0.2) is 5.82 Å². The van der Waals surface area contributed by atoms with E-state index in [0.717, 1.165) is 70.8 Å². The number of H-pyrrole nitrogens is 1. The molecule has 184 valence electrons. The van der Waals surface area contributed by atoms with Gasteiger partial charge in [-0.2, -0.15) is 0 Å². The van der Waals surface area contributed by atoms with Crippen molar-refractivity contribution in [2.24, 2.45) is 5.73 Å². The molecule has 5 heterocycles. The molecule has 4 N–H and O–H groups in total. The van der Waals surface area contributed by atoms with Crippen molar-refractivity contribution >= 4 is 33.7 Å². The Balaban J connectivity index is 1.38. The summed E-state index contributed by atoms with van der Waals surface area (Å²) in [6, 6.07) is 11.3. The lowest BCUT2D eigenvalue weighted by molar-refractivity contribution is 0.100. The van der Waals surface area contributed by atoms with E-state index < -0.39 is 5.91 Å². The molecule has 2 fully saturated rings. The molecule has 9 heteroatoms. The molecule has 0 atom stereocenters. The molecule has 1 aliphatic carbocycles. The van der Waals surface area contributed by atoms with Crippen LogP contribution in [0.15, 0.2) is 55.0 Å². The third kappa shape index (κ3) is 3.88. The Bertz CT molecular complexity index is 1650. The Morgan fingerprint density at radius 1 is 1.03 bits per heavy atom. The second-order valence-corrected chi connectivity index (χ2v) is 9.75. The first-order valence-corrected chi connectivity index (χ1v) is 12.7. The van der Waals surface area contributed by atoms with Crippen LogP contribution in [-0.2, 0) is 0 Å². The number of nitrogens with two attached hydrogens (primary N) is 1. The van der Waals surface area contributed by atoms with Gasteiger partial charge in [0.25, 0.3) is 0 Å². The van der Waals surface area contributed by atoms with Crippen LogP contribution < -0.4 is 16.0 Å². The summed E-state index contributed by atoms with van der Waals surface area (Å²) < 4.78 is 0. The molecule has 1 amide bonds. The molecule has 1 saturated heterocycles. The number of anilines is 1. The molecule has 1 aliphatic heterocycles. The topological polar surface area (TPSA) is 126 Å². The van der Waals surface area contributed by atoms with Crippen LogP contribution in [0.4, 0.5) is 5.82 Å². The normalized spacial score (nSPS) is 15.9. The van der Waals surface area contributed by atoms with Crippen LogP contribution in [0.2, 0.25) is 0 Å². The zero-order valence-electron chi connectivity index (χ0n) is 20.2. The zero-order valence-corrected chi connectivity index (χ0v) is 20.2. The third-order valence-electron chi connectivity index (χ3n) is 7.30. The van der Waals surface area contributed by atoms with Crippen LogP contribution in [0.5, 0.6) is 0 Å². The molecule has 2 aliphatic rings. The summed E-state index contributed by atoms with van der Waals surface area (Å²) in [5, 5.41) is 5.52. The summed E-state index contributed by atoms with van der Waals surface area (Å²) in [6.45, 7) is 3.67. The number of piperazine rings is 1. The fraction of sp³-hybridized carbons (Fsp3) is 0.250. The number of nitrogens with zero attached hydrogens (tertiary/aromatic N) is 5. The number of aromatic nitrogens is 5. The average Bonchev–Trinajstić information content (AvgIpc) is 3.70. The van der Waals surface area contributed by atoms with E-state index in [9.17, 15) is 4.79 Å². The number of rotatable bonds is 5. The lowest BCUT2D eigenvalue weighted by atomic mass is 10.1. The highest BCUT2D eigenvalue weighted by Gasteiger charge is 2.29. The number of benzene rings is 1. The summed E-state index contributed by atoms with van der Waals surface area (Å²) in [4.78, 5) is 36.6. The van der Waals surface area contributed by atoms with E-state index in [1.54, 1.807) is 18.3 Å². The number of carbonyl (C=O) groups excluding carboxylic acids is 1. The van der Waals surface area contributed by atoms with E-state index in [-0.39, 0.29) is 0 Å². The molecular formula is C28H26N8O. The van der Waals surface area contributed by atoms with Gasteiger partial charge in [-0.1, -0.05) is 12.1 Å². The summed E-state index contributed by atoms with van der Waals surface area (Å²) in [5.74, 6) is 1.76. The number of aromatic amines is 1. The van der Waals surface area contributed by atoms with Crippen LogP contribution in [0.25, 0.3) is 44.6 Å². The minimum atomic E-state index is -0.444. The minimum absolute atomic E-state index is 0.444. The van der Waals surface area contributed by atoms with Crippen LogP contribution in [0.1, 0.15) is 34.7 Å². The predicted molar refractivity (Wildman–Crippen MR) is 143 cm³/mol. The first kappa shape index (κ1) is 21.9. The van der Waals surface area contributed by atoms with Crippen molar-refractivity contribution in [2.75, 3.05) is 31.1 Å². The molecule has 0 radical (unpaired) electrons. The maximum atomic E-state index is 11.5. The SMILES string of the molecule is NC(=O)c1ccc(-c2cc3c(-c4nc(N5CCNCC5)c5c(C6CC6)cncc5n4)ccnc3[nH]2)cc1. The summed E-state index contributed by atoms with van der Waals surface area (Å²) in [7, 11) is 0. The van der Waals surface area contributed by atoms with Crippen molar-refractivity contribution in [2.45, 2.75) is 18.8 Å². The summed E-state index contributed by atoms with van der Waals surface area (Å²) in [6.07, 6.45) is 8.04. The van der Waals surface area contributed by atoms with Crippen LogP contribution in [-0.4, -0.2) is 57.0 Å². The van der Waals surface area contributed by atoms with Gasteiger partial charge in [-0.15, -0.1) is 0 Å². The van der Waals surface area contributed by atoms with Gasteiger partial charge in [-0.05, 0) is 54.2 Å². The highest BCUT2D eigenvalue weighted by Crippen LogP contribution is 2.45. The molecule has 9 nitrogen and oxygen atoms in total. The van der Waals surface area contributed by atoms with Crippen molar-refractivity contribution < 1.29 is 4.79 Å². The van der Waals surface area contributed by atoms with Crippen LogP contribution in [0.3, 0.4) is 0 Å². The lowest BCUT2D eigenvalue weighted by Crippen LogP contribution is -2.44. The van der Waals surface area contributed by atoms with Crippen molar-refractivity contribution in [3.8, 4) is 22.6 Å². The van der Waals surface area contributed by atoms with E-state index in [0.29, 0.717) is 17.3 Å². The smallest absolute Gasteiger partial charge is 0.248 e. The molecule has 0 unspecified atom stereocenters. The summed E-state index contributed by atoms with van der Waals surface area (Å²) in [5.41, 5.74) is 11.5. The van der Waals surface area contributed by atoms with Crippen LogP contribution >= 0.6 is 0 Å². The molecule has 4 aromatic heterocycles. The van der Waals surface area contributed by atoms with E-state index in [4.69, 9.17) is 15.7 Å². The Labute approximate surface area is 213 Å². The molecule has 0 spiro atoms. The Morgan fingerprint density at radius 2 is 1.84 bits per heavy atom. The Hall–Kier alpha value is -4.37. The van der Waals surface area contributed by atoms with E-state index in [1.165, 1.54) is 18.4 Å². The van der Waals surface area contributed by atoms with Gasteiger partial charge in [0.2, 0.25) is 5.91 Å². The van der Waals surface area contributed by atoms with Crippen molar-refractivity contribution in [3.05, 3.63) is 66.1 Å². The Morgan fingerprint density at radius 3 is 2.59 bits per heavy atom. The predicted octanol–water partition coefficient (Wildman–Crippen LogP) is 3.62. The monoisotopic (exact) mass is 490 g/mol. The van der Waals surface area contributed by atoms with Gasteiger partial charge < -0.3 is 20.9 Å². The van der Waals surface area contributed by atoms with Gasteiger partial charge in [0, 0.05) is 66.2 Å². The molecule has 5 aromatic rings. The molecule has 37 heavy (non-hydrogen) atoms. The van der Waals surface area contributed by atoms with E-state index in [2.05, 4.69) is 31.2 Å². The number of carbonyl (C=O) groups is 1. The van der Waals surface area contributed by atoms with E-state index in [1.807, 2.05) is 30.6 Å². The number of nitrogens with one attached hydrogen (secondary N) is 2. The van der Waals surface area contributed by atoms with Crippen molar-refractivity contribution in [3.63, 3.8) is 0 Å². The fourth-order valence-corrected chi connectivity index (χ4v) is 5.21.